The molecule has 0 saturated heterocycles. The van der Waals surface area contributed by atoms with Crippen LogP contribution in [-0.2, 0) is 19.1 Å². The average Bonchev–Trinajstić information content (AvgIpc) is 2.30. The van der Waals surface area contributed by atoms with E-state index in [1.807, 2.05) is 6.07 Å². The molecule has 0 aromatic carbocycles. The van der Waals surface area contributed by atoms with E-state index >= 15 is 0 Å². The van der Waals surface area contributed by atoms with E-state index in [4.69, 9.17) is 10.00 Å². The highest BCUT2D eigenvalue weighted by atomic mass is 16.6. The summed E-state index contributed by atoms with van der Waals surface area (Å²) in [6.45, 7) is 8.88. The van der Waals surface area contributed by atoms with Crippen molar-refractivity contribution < 1.29 is 19.1 Å². The molecule has 0 spiro atoms. The second-order valence-electron chi connectivity index (χ2n) is 6.20. The highest BCUT2D eigenvalue weighted by Crippen LogP contribution is 2.16. The van der Waals surface area contributed by atoms with Crippen molar-refractivity contribution in [1.82, 2.24) is 5.32 Å². The van der Waals surface area contributed by atoms with Gasteiger partial charge in [0.15, 0.2) is 0 Å². The molecule has 6 heteroatoms. The zero-order valence-corrected chi connectivity index (χ0v) is 13.1. The first-order valence-corrected chi connectivity index (χ1v) is 6.45. The molecule has 0 radical (unpaired) electrons. The highest BCUT2D eigenvalue weighted by Gasteiger charge is 2.32. The molecule has 0 amide bonds. The van der Waals surface area contributed by atoms with Crippen LogP contribution in [0.15, 0.2) is 0 Å². The van der Waals surface area contributed by atoms with Crippen molar-refractivity contribution in [3.63, 3.8) is 0 Å². The standard InChI is InChI=1S/C14H24N2O4/c1-13(2,3)20-11(17)10(7-8-15)16-9-14(4,5)12(18)19-6/h10,16H,7,9H2,1-6H3. The van der Waals surface area contributed by atoms with Gasteiger partial charge in [-0.2, -0.15) is 5.26 Å². The average molecular weight is 284 g/mol. The van der Waals surface area contributed by atoms with Gasteiger partial charge < -0.3 is 14.8 Å². The molecular weight excluding hydrogens is 260 g/mol. The monoisotopic (exact) mass is 284 g/mol. The Labute approximate surface area is 120 Å². The molecule has 0 heterocycles. The lowest BCUT2D eigenvalue weighted by Crippen LogP contribution is -2.46. The molecule has 0 aliphatic rings. The van der Waals surface area contributed by atoms with E-state index in [-0.39, 0.29) is 18.9 Å². The number of ether oxygens (including phenoxy) is 2. The number of nitrogens with one attached hydrogen (secondary N) is 1. The van der Waals surface area contributed by atoms with Crippen LogP contribution in [0.2, 0.25) is 0 Å². The summed E-state index contributed by atoms with van der Waals surface area (Å²) in [6.07, 6.45) is -0.0217. The number of methoxy groups -OCH3 is 1. The fourth-order valence-electron chi connectivity index (χ4n) is 1.43. The van der Waals surface area contributed by atoms with Gasteiger partial charge in [-0.05, 0) is 34.6 Å². The Hall–Kier alpha value is -1.61. The third-order valence-electron chi connectivity index (χ3n) is 2.52. The van der Waals surface area contributed by atoms with Gasteiger partial charge in [0.2, 0.25) is 0 Å². The van der Waals surface area contributed by atoms with Gasteiger partial charge in [-0.25, -0.2) is 0 Å². The fourth-order valence-corrected chi connectivity index (χ4v) is 1.43. The minimum absolute atomic E-state index is 0.0217. The molecule has 6 nitrogen and oxygen atoms in total. The van der Waals surface area contributed by atoms with Crippen LogP contribution in [-0.4, -0.2) is 37.2 Å². The lowest BCUT2D eigenvalue weighted by atomic mass is 9.93. The number of carbonyl (C=O) groups excluding carboxylic acids is 2. The fraction of sp³-hybridized carbons (Fsp3) is 0.786. The topological polar surface area (TPSA) is 88.4 Å². The van der Waals surface area contributed by atoms with Crippen molar-refractivity contribution in [2.24, 2.45) is 5.41 Å². The molecule has 20 heavy (non-hydrogen) atoms. The summed E-state index contributed by atoms with van der Waals surface area (Å²) in [5.41, 5.74) is -1.41. The first-order valence-electron chi connectivity index (χ1n) is 6.45. The van der Waals surface area contributed by atoms with Crippen LogP contribution >= 0.6 is 0 Å². The number of esters is 2. The zero-order chi connectivity index (χ0) is 16.0. The van der Waals surface area contributed by atoms with E-state index in [9.17, 15) is 9.59 Å². The minimum Gasteiger partial charge on any atom is -0.469 e. The molecule has 0 aliphatic carbocycles. The maximum absolute atomic E-state index is 12.0. The van der Waals surface area contributed by atoms with Gasteiger partial charge in [0.1, 0.15) is 11.6 Å². The van der Waals surface area contributed by atoms with Crippen LogP contribution in [0.1, 0.15) is 41.0 Å². The Morgan fingerprint density at radius 3 is 2.20 bits per heavy atom. The molecule has 0 bridgehead atoms. The van der Waals surface area contributed by atoms with Gasteiger partial charge >= 0.3 is 11.9 Å². The van der Waals surface area contributed by atoms with Gasteiger partial charge in [-0.1, -0.05) is 0 Å². The maximum Gasteiger partial charge on any atom is 0.324 e. The number of nitriles is 1. The Kier molecular flexibility index (Phi) is 6.66. The summed E-state index contributed by atoms with van der Waals surface area (Å²) >= 11 is 0. The van der Waals surface area contributed by atoms with Crippen LogP contribution in [0.25, 0.3) is 0 Å². The van der Waals surface area contributed by atoms with Crippen LogP contribution < -0.4 is 5.32 Å². The lowest BCUT2D eigenvalue weighted by Gasteiger charge is -2.27. The number of hydrogen-bond donors (Lipinski definition) is 1. The van der Waals surface area contributed by atoms with E-state index in [0.29, 0.717) is 0 Å². The van der Waals surface area contributed by atoms with Gasteiger partial charge in [0.25, 0.3) is 0 Å². The number of hydrogen-bond acceptors (Lipinski definition) is 6. The van der Waals surface area contributed by atoms with Gasteiger partial charge in [-0.15, -0.1) is 0 Å². The quantitative estimate of drug-likeness (QED) is 0.742. The summed E-state index contributed by atoms with van der Waals surface area (Å²) in [5.74, 6) is -0.885. The largest absolute Gasteiger partial charge is 0.469 e. The molecule has 0 aliphatic heterocycles. The number of rotatable bonds is 6. The SMILES string of the molecule is COC(=O)C(C)(C)CNC(CC#N)C(=O)OC(C)(C)C. The third kappa shape index (κ3) is 6.53. The molecule has 1 unspecified atom stereocenters. The van der Waals surface area contributed by atoms with E-state index in [1.165, 1.54) is 7.11 Å². The molecule has 1 N–H and O–H groups in total. The minimum atomic E-state index is -0.787. The smallest absolute Gasteiger partial charge is 0.324 e. The van der Waals surface area contributed by atoms with Gasteiger partial charge in [0, 0.05) is 6.54 Å². The first-order chi connectivity index (χ1) is 9.03. The van der Waals surface area contributed by atoms with Crippen molar-refractivity contribution in [3.05, 3.63) is 0 Å². The third-order valence-corrected chi connectivity index (χ3v) is 2.52. The summed E-state index contributed by atoms with van der Waals surface area (Å²) in [7, 11) is 1.31. The van der Waals surface area contributed by atoms with Gasteiger partial charge in [-0.3, -0.25) is 9.59 Å². The van der Waals surface area contributed by atoms with E-state index < -0.39 is 23.0 Å². The van der Waals surface area contributed by atoms with Crippen molar-refractivity contribution in [1.29, 1.82) is 5.26 Å². The maximum atomic E-state index is 12.0. The van der Waals surface area contributed by atoms with Crippen LogP contribution in [0, 0.1) is 16.7 Å². The Morgan fingerprint density at radius 1 is 1.25 bits per heavy atom. The summed E-state index contributed by atoms with van der Waals surface area (Å²) in [5, 5.41) is 11.7. The van der Waals surface area contributed by atoms with Crippen molar-refractivity contribution in [2.45, 2.75) is 52.7 Å². The molecule has 0 fully saturated rings. The predicted octanol–water partition coefficient (Wildman–Crippen LogP) is 1.40. The van der Waals surface area contributed by atoms with E-state index in [2.05, 4.69) is 10.1 Å². The highest BCUT2D eigenvalue weighted by molar-refractivity contribution is 5.78. The first kappa shape index (κ1) is 18.4. The Balaban J connectivity index is 4.69. The van der Waals surface area contributed by atoms with E-state index in [1.54, 1.807) is 34.6 Å². The number of carbonyl (C=O) groups is 2. The van der Waals surface area contributed by atoms with Crippen LogP contribution in [0.3, 0.4) is 0 Å². The molecular formula is C14H24N2O4. The van der Waals surface area contributed by atoms with Crippen molar-refractivity contribution >= 4 is 11.9 Å². The van der Waals surface area contributed by atoms with Crippen molar-refractivity contribution in [2.75, 3.05) is 13.7 Å². The second kappa shape index (κ2) is 7.25. The Morgan fingerprint density at radius 2 is 1.80 bits per heavy atom. The molecule has 0 aromatic heterocycles. The molecule has 0 saturated carbocycles. The van der Waals surface area contributed by atoms with Crippen LogP contribution in [0.5, 0.6) is 0 Å². The summed E-state index contributed by atoms with van der Waals surface area (Å²) in [6, 6.07) is 1.17. The van der Waals surface area contributed by atoms with E-state index in [0.717, 1.165) is 0 Å². The molecule has 114 valence electrons. The molecule has 1 atom stereocenters. The Bertz CT molecular complexity index is 391. The summed E-state index contributed by atoms with van der Waals surface area (Å²) < 4.78 is 9.92. The van der Waals surface area contributed by atoms with Crippen molar-refractivity contribution in [3.8, 4) is 6.07 Å². The normalized spacial score (nSPS) is 13.2. The van der Waals surface area contributed by atoms with Crippen LogP contribution in [0.4, 0.5) is 0 Å². The van der Waals surface area contributed by atoms with Gasteiger partial charge in [0.05, 0.1) is 25.0 Å². The summed E-state index contributed by atoms with van der Waals surface area (Å²) in [4.78, 5) is 23.5. The zero-order valence-electron chi connectivity index (χ0n) is 13.1. The molecule has 0 aromatic rings. The lowest BCUT2D eigenvalue weighted by molar-refractivity contribution is -0.158. The number of nitrogens with zero attached hydrogens (tertiary/aromatic N) is 1. The predicted molar refractivity (Wildman–Crippen MR) is 73.7 cm³/mol. The molecule has 0 rings (SSSR count). The second-order valence-corrected chi connectivity index (χ2v) is 6.20.